The molecule has 0 aliphatic carbocycles. The highest BCUT2D eigenvalue weighted by atomic mass is 16.5. The molecule has 5 nitrogen and oxygen atoms in total. The number of aryl methyl sites for hydroxylation is 1. The molecule has 0 fully saturated rings. The number of nitrogens with zero attached hydrogens (tertiary/aromatic N) is 1. The van der Waals surface area contributed by atoms with E-state index in [9.17, 15) is 5.11 Å². The summed E-state index contributed by atoms with van der Waals surface area (Å²) in [4.78, 5) is 0. The van der Waals surface area contributed by atoms with Gasteiger partial charge >= 0.3 is 0 Å². The Bertz CT molecular complexity index is 561. The Morgan fingerprint density at radius 3 is 2.59 bits per heavy atom. The van der Waals surface area contributed by atoms with E-state index in [4.69, 9.17) is 10.5 Å². The summed E-state index contributed by atoms with van der Waals surface area (Å²) < 4.78 is 5.21. The molecule has 0 saturated carbocycles. The third-order valence-electron chi connectivity index (χ3n) is 2.79. The Hall–Kier alpha value is -2.17. The Kier molecular flexibility index (Phi) is 2.67. The van der Waals surface area contributed by atoms with Crippen LogP contribution in [0.4, 0.5) is 5.82 Å². The second-order valence-corrected chi connectivity index (χ2v) is 3.95. The summed E-state index contributed by atoms with van der Waals surface area (Å²) in [6, 6.07) is 3.62. The van der Waals surface area contributed by atoms with Gasteiger partial charge < -0.3 is 15.6 Å². The fourth-order valence-electron chi connectivity index (χ4n) is 1.88. The van der Waals surface area contributed by atoms with Crippen molar-refractivity contribution in [3.63, 3.8) is 0 Å². The number of ether oxygens (including phenoxy) is 1. The third kappa shape index (κ3) is 1.80. The Balaban J connectivity index is 2.67. The van der Waals surface area contributed by atoms with E-state index in [0.29, 0.717) is 11.6 Å². The summed E-state index contributed by atoms with van der Waals surface area (Å²) in [5.74, 6) is 1.08. The van der Waals surface area contributed by atoms with Gasteiger partial charge in [0.2, 0.25) is 0 Å². The number of phenolic OH excluding ortho intramolecular Hbond substituents is 1. The number of hydrogen-bond donors (Lipinski definition) is 3. The highest BCUT2D eigenvalue weighted by molar-refractivity contribution is 5.72. The molecule has 0 bridgehead atoms. The van der Waals surface area contributed by atoms with Crippen LogP contribution in [0.5, 0.6) is 11.5 Å². The molecule has 0 radical (unpaired) electrons. The van der Waals surface area contributed by atoms with Crippen LogP contribution in [0.25, 0.3) is 11.3 Å². The maximum absolute atomic E-state index is 9.88. The molecule has 0 aliphatic rings. The number of hydrogen-bond acceptors (Lipinski definition) is 4. The molecular formula is C12H15N3O2. The summed E-state index contributed by atoms with van der Waals surface area (Å²) in [6.45, 7) is 3.70. The van der Waals surface area contributed by atoms with Crippen LogP contribution >= 0.6 is 0 Å². The number of anilines is 1. The fourth-order valence-corrected chi connectivity index (χ4v) is 1.88. The van der Waals surface area contributed by atoms with E-state index in [0.717, 1.165) is 22.4 Å². The Morgan fingerprint density at radius 2 is 2.06 bits per heavy atom. The van der Waals surface area contributed by atoms with E-state index in [1.54, 1.807) is 6.07 Å². The first kappa shape index (κ1) is 11.3. The van der Waals surface area contributed by atoms with Crippen molar-refractivity contribution in [3.05, 3.63) is 23.3 Å². The SMILES string of the molecule is COc1c(C)c(-c2cc(N)n[nH]2)cc(C)c1O. The van der Waals surface area contributed by atoms with Crippen LogP contribution in [0.2, 0.25) is 0 Å². The van der Waals surface area contributed by atoms with E-state index in [2.05, 4.69) is 10.2 Å². The van der Waals surface area contributed by atoms with Crippen molar-refractivity contribution in [2.45, 2.75) is 13.8 Å². The van der Waals surface area contributed by atoms with Crippen LogP contribution in [-0.2, 0) is 0 Å². The maximum atomic E-state index is 9.88. The number of phenols is 1. The fraction of sp³-hybridized carbons (Fsp3) is 0.250. The summed E-state index contributed by atoms with van der Waals surface area (Å²) in [5, 5.41) is 16.6. The van der Waals surface area contributed by atoms with Crippen LogP contribution in [0, 0.1) is 13.8 Å². The first-order valence-electron chi connectivity index (χ1n) is 5.23. The lowest BCUT2D eigenvalue weighted by Gasteiger charge is -2.13. The van der Waals surface area contributed by atoms with E-state index in [-0.39, 0.29) is 5.75 Å². The van der Waals surface area contributed by atoms with Gasteiger partial charge in [0, 0.05) is 17.2 Å². The van der Waals surface area contributed by atoms with Gasteiger partial charge in [-0.05, 0) is 25.5 Å². The van der Waals surface area contributed by atoms with Crippen LogP contribution in [-0.4, -0.2) is 22.4 Å². The van der Waals surface area contributed by atoms with E-state index >= 15 is 0 Å². The molecule has 0 amide bonds. The molecule has 2 rings (SSSR count). The Labute approximate surface area is 99.2 Å². The van der Waals surface area contributed by atoms with E-state index < -0.39 is 0 Å². The first-order chi connectivity index (χ1) is 8.04. The third-order valence-corrected chi connectivity index (χ3v) is 2.79. The molecule has 2 aromatic rings. The van der Waals surface area contributed by atoms with Gasteiger partial charge in [-0.3, -0.25) is 5.10 Å². The second-order valence-electron chi connectivity index (χ2n) is 3.95. The molecule has 0 spiro atoms. The summed E-state index contributed by atoms with van der Waals surface area (Å²) in [6.07, 6.45) is 0. The summed E-state index contributed by atoms with van der Waals surface area (Å²) in [5.41, 5.74) is 8.90. The first-order valence-corrected chi connectivity index (χ1v) is 5.23. The van der Waals surface area contributed by atoms with Gasteiger partial charge in [0.15, 0.2) is 11.5 Å². The van der Waals surface area contributed by atoms with Crippen molar-refractivity contribution in [1.82, 2.24) is 10.2 Å². The predicted octanol–water partition coefficient (Wildman–Crippen LogP) is 1.99. The predicted molar refractivity (Wildman–Crippen MR) is 66.1 cm³/mol. The topological polar surface area (TPSA) is 84.2 Å². The van der Waals surface area contributed by atoms with Crippen LogP contribution in [0.15, 0.2) is 12.1 Å². The quantitative estimate of drug-likeness (QED) is 0.740. The van der Waals surface area contributed by atoms with Crippen molar-refractivity contribution >= 4 is 5.82 Å². The molecule has 0 aliphatic heterocycles. The van der Waals surface area contributed by atoms with Gasteiger partial charge in [0.05, 0.1) is 12.8 Å². The van der Waals surface area contributed by atoms with Crippen molar-refractivity contribution in [3.8, 4) is 22.8 Å². The zero-order chi connectivity index (χ0) is 12.6. The van der Waals surface area contributed by atoms with Gasteiger partial charge in [0.1, 0.15) is 5.82 Å². The lowest BCUT2D eigenvalue weighted by Crippen LogP contribution is -1.94. The molecule has 90 valence electrons. The minimum absolute atomic E-state index is 0.168. The number of nitrogens with two attached hydrogens (primary N) is 1. The van der Waals surface area contributed by atoms with Gasteiger partial charge in [0.25, 0.3) is 0 Å². The number of nitrogen functional groups attached to an aromatic ring is 1. The molecule has 5 heteroatoms. The average molecular weight is 233 g/mol. The number of benzene rings is 1. The Morgan fingerprint density at radius 1 is 1.35 bits per heavy atom. The molecule has 0 unspecified atom stereocenters. The molecule has 0 saturated heterocycles. The van der Waals surface area contributed by atoms with Crippen molar-refractivity contribution in [2.24, 2.45) is 0 Å². The van der Waals surface area contributed by atoms with Gasteiger partial charge in [-0.1, -0.05) is 0 Å². The molecular weight excluding hydrogens is 218 g/mol. The monoisotopic (exact) mass is 233 g/mol. The number of rotatable bonds is 2. The van der Waals surface area contributed by atoms with Crippen LogP contribution in [0.3, 0.4) is 0 Å². The molecule has 1 aromatic carbocycles. The largest absolute Gasteiger partial charge is 0.504 e. The summed E-state index contributed by atoms with van der Waals surface area (Å²) >= 11 is 0. The van der Waals surface area contributed by atoms with Crippen molar-refractivity contribution in [1.29, 1.82) is 0 Å². The minimum Gasteiger partial charge on any atom is -0.504 e. The molecule has 4 N–H and O–H groups in total. The number of aromatic nitrogens is 2. The molecule has 1 aromatic heterocycles. The lowest BCUT2D eigenvalue weighted by molar-refractivity contribution is 0.369. The van der Waals surface area contributed by atoms with Crippen LogP contribution < -0.4 is 10.5 Å². The number of aromatic amines is 1. The van der Waals surface area contributed by atoms with Gasteiger partial charge in [-0.15, -0.1) is 0 Å². The zero-order valence-corrected chi connectivity index (χ0v) is 10.0. The van der Waals surface area contributed by atoms with E-state index in [1.807, 2.05) is 19.9 Å². The smallest absolute Gasteiger partial charge is 0.164 e. The van der Waals surface area contributed by atoms with E-state index in [1.165, 1.54) is 7.11 Å². The molecule has 1 heterocycles. The number of H-pyrrole nitrogens is 1. The second kappa shape index (κ2) is 4.01. The number of methoxy groups -OCH3 is 1. The lowest BCUT2D eigenvalue weighted by atomic mass is 10.0. The zero-order valence-electron chi connectivity index (χ0n) is 10.0. The van der Waals surface area contributed by atoms with Crippen molar-refractivity contribution in [2.75, 3.05) is 12.8 Å². The number of nitrogens with one attached hydrogen (secondary N) is 1. The van der Waals surface area contributed by atoms with Gasteiger partial charge in [-0.25, -0.2) is 0 Å². The normalized spacial score (nSPS) is 10.5. The highest BCUT2D eigenvalue weighted by Gasteiger charge is 2.15. The summed E-state index contributed by atoms with van der Waals surface area (Å²) in [7, 11) is 1.53. The standard InChI is InChI=1S/C12H15N3O2/c1-6-4-8(9-5-10(13)15-14-9)7(2)12(17-3)11(6)16/h4-5,16H,1-3H3,(H3,13,14,15). The van der Waals surface area contributed by atoms with Crippen LogP contribution in [0.1, 0.15) is 11.1 Å². The maximum Gasteiger partial charge on any atom is 0.164 e. The van der Waals surface area contributed by atoms with Crippen molar-refractivity contribution < 1.29 is 9.84 Å². The molecule has 0 atom stereocenters. The van der Waals surface area contributed by atoms with Gasteiger partial charge in [-0.2, -0.15) is 5.10 Å². The number of aromatic hydroxyl groups is 1. The highest BCUT2D eigenvalue weighted by Crippen LogP contribution is 2.39. The average Bonchev–Trinajstić information content (AvgIpc) is 2.71. The minimum atomic E-state index is 0.168. The molecule has 17 heavy (non-hydrogen) atoms.